The van der Waals surface area contributed by atoms with Crippen LogP contribution < -0.4 is 5.73 Å². The summed E-state index contributed by atoms with van der Waals surface area (Å²) in [7, 11) is 0. The van der Waals surface area contributed by atoms with Gasteiger partial charge in [-0.15, -0.1) is 0 Å². The summed E-state index contributed by atoms with van der Waals surface area (Å²) in [5, 5.41) is 0. The largest absolute Gasteiger partial charge is 0.326 e. The van der Waals surface area contributed by atoms with Gasteiger partial charge in [0.2, 0.25) is 0 Å². The minimum atomic E-state index is -0.245. The van der Waals surface area contributed by atoms with Crippen molar-refractivity contribution in [3.8, 4) is 0 Å². The molecule has 11 heavy (non-hydrogen) atoms. The van der Waals surface area contributed by atoms with Gasteiger partial charge in [-0.2, -0.15) is 0 Å². The lowest BCUT2D eigenvalue weighted by Gasteiger charge is -2.02. The molecule has 0 heterocycles. The summed E-state index contributed by atoms with van der Waals surface area (Å²) in [5.41, 5.74) is 6.88. The Morgan fingerprint density at radius 1 is 1.55 bits per heavy atom. The summed E-state index contributed by atoms with van der Waals surface area (Å²) in [6.45, 7) is 2.16. The van der Waals surface area contributed by atoms with E-state index in [0.717, 1.165) is 10.0 Å². The van der Waals surface area contributed by atoms with E-state index in [1.807, 2.05) is 6.92 Å². The van der Waals surface area contributed by atoms with Gasteiger partial charge in [-0.25, -0.2) is 4.39 Å². The zero-order valence-corrected chi connectivity index (χ0v) is 7.78. The van der Waals surface area contributed by atoms with Gasteiger partial charge in [0, 0.05) is 16.6 Å². The standard InChI is InChI=1S/C8H9BrFN/c1-5-2-6(4-11)8(10)3-7(5)9/h2-3H,4,11H2,1H3. The average molecular weight is 218 g/mol. The number of benzene rings is 1. The van der Waals surface area contributed by atoms with Crippen LogP contribution in [0.4, 0.5) is 4.39 Å². The number of nitrogens with two attached hydrogens (primary N) is 1. The maximum Gasteiger partial charge on any atom is 0.128 e. The van der Waals surface area contributed by atoms with E-state index in [9.17, 15) is 4.39 Å². The van der Waals surface area contributed by atoms with E-state index >= 15 is 0 Å². The highest BCUT2D eigenvalue weighted by atomic mass is 79.9. The Hall–Kier alpha value is -0.410. The predicted molar refractivity (Wildman–Crippen MR) is 46.7 cm³/mol. The van der Waals surface area contributed by atoms with Gasteiger partial charge < -0.3 is 5.73 Å². The monoisotopic (exact) mass is 217 g/mol. The van der Waals surface area contributed by atoms with Gasteiger partial charge in [0.25, 0.3) is 0 Å². The Morgan fingerprint density at radius 2 is 2.18 bits per heavy atom. The number of rotatable bonds is 1. The normalized spacial score (nSPS) is 10.2. The molecule has 1 nitrogen and oxygen atoms in total. The molecule has 0 radical (unpaired) electrons. The van der Waals surface area contributed by atoms with Crippen LogP contribution in [-0.2, 0) is 6.54 Å². The maximum atomic E-state index is 12.9. The molecule has 60 valence electrons. The molecule has 0 aliphatic heterocycles. The topological polar surface area (TPSA) is 26.0 Å². The fraction of sp³-hybridized carbons (Fsp3) is 0.250. The van der Waals surface area contributed by atoms with Crippen LogP contribution in [0.5, 0.6) is 0 Å². The molecule has 1 aromatic rings. The molecule has 0 unspecified atom stereocenters. The minimum Gasteiger partial charge on any atom is -0.326 e. The van der Waals surface area contributed by atoms with Gasteiger partial charge >= 0.3 is 0 Å². The van der Waals surface area contributed by atoms with Crippen molar-refractivity contribution in [1.82, 2.24) is 0 Å². The molecule has 0 atom stereocenters. The van der Waals surface area contributed by atoms with Crippen LogP contribution in [0.15, 0.2) is 16.6 Å². The first-order valence-corrected chi connectivity index (χ1v) is 4.09. The molecule has 0 spiro atoms. The van der Waals surface area contributed by atoms with Gasteiger partial charge in [0.1, 0.15) is 5.82 Å². The van der Waals surface area contributed by atoms with Gasteiger partial charge in [-0.3, -0.25) is 0 Å². The van der Waals surface area contributed by atoms with Crippen molar-refractivity contribution in [3.63, 3.8) is 0 Å². The van der Waals surface area contributed by atoms with Crippen LogP contribution in [0, 0.1) is 12.7 Å². The van der Waals surface area contributed by atoms with Gasteiger partial charge in [-0.1, -0.05) is 22.0 Å². The zero-order valence-electron chi connectivity index (χ0n) is 6.20. The third-order valence-corrected chi connectivity index (χ3v) is 2.40. The van der Waals surface area contributed by atoms with Gasteiger partial charge in [-0.05, 0) is 18.6 Å². The number of halogens is 2. The fourth-order valence-corrected chi connectivity index (χ4v) is 1.19. The summed E-state index contributed by atoms with van der Waals surface area (Å²) in [4.78, 5) is 0. The van der Waals surface area contributed by atoms with Crippen LogP contribution in [0.3, 0.4) is 0 Å². The van der Waals surface area contributed by atoms with Crippen molar-refractivity contribution in [2.75, 3.05) is 0 Å². The Kier molecular flexibility index (Phi) is 2.62. The molecule has 0 fully saturated rings. The fourth-order valence-electron chi connectivity index (χ4n) is 0.873. The zero-order chi connectivity index (χ0) is 8.43. The van der Waals surface area contributed by atoms with Crippen molar-refractivity contribution < 1.29 is 4.39 Å². The smallest absolute Gasteiger partial charge is 0.128 e. The predicted octanol–water partition coefficient (Wildman–Crippen LogP) is 2.36. The molecule has 3 heteroatoms. The lowest BCUT2D eigenvalue weighted by molar-refractivity contribution is 0.609. The second kappa shape index (κ2) is 3.32. The van der Waals surface area contributed by atoms with Crippen LogP contribution in [-0.4, -0.2) is 0 Å². The van der Waals surface area contributed by atoms with Gasteiger partial charge in [0.05, 0.1) is 0 Å². The number of hydrogen-bond acceptors (Lipinski definition) is 1. The highest BCUT2D eigenvalue weighted by molar-refractivity contribution is 9.10. The highest BCUT2D eigenvalue weighted by Gasteiger charge is 2.02. The molecular weight excluding hydrogens is 209 g/mol. The summed E-state index contributed by atoms with van der Waals surface area (Å²) < 4.78 is 13.7. The van der Waals surface area contributed by atoms with Crippen molar-refractivity contribution in [1.29, 1.82) is 0 Å². The van der Waals surface area contributed by atoms with E-state index in [-0.39, 0.29) is 12.4 Å². The van der Waals surface area contributed by atoms with E-state index in [2.05, 4.69) is 15.9 Å². The molecule has 0 saturated heterocycles. The van der Waals surface area contributed by atoms with Crippen LogP contribution >= 0.6 is 15.9 Å². The summed E-state index contributed by atoms with van der Waals surface area (Å²) in [6.07, 6.45) is 0. The molecule has 0 amide bonds. The van der Waals surface area contributed by atoms with Crippen LogP contribution in [0.1, 0.15) is 11.1 Å². The number of aryl methyl sites for hydroxylation is 1. The first kappa shape index (κ1) is 8.68. The summed E-state index contributed by atoms with van der Waals surface area (Å²) >= 11 is 3.23. The quantitative estimate of drug-likeness (QED) is 0.769. The third kappa shape index (κ3) is 1.79. The number of hydrogen-bond donors (Lipinski definition) is 1. The third-order valence-electron chi connectivity index (χ3n) is 1.55. The first-order valence-electron chi connectivity index (χ1n) is 3.29. The molecule has 2 N–H and O–H groups in total. The van der Waals surface area contributed by atoms with Crippen molar-refractivity contribution in [2.45, 2.75) is 13.5 Å². The van der Waals surface area contributed by atoms with E-state index in [0.29, 0.717) is 5.56 Å². The second-order valence-corrected chi connectivity index (χ2v) is 3.25. The molecule has 1 aromatic carbocycles. The van der Waals surface area contributed by atoms with Gasteiger partial charge in [0.15, 0.2) is 0 Å². The SMILES string of the molecule is Cc1cc(CN)c(F)cc1Br. The summed E-state index contributed by atoms with van der Waals surface area (Å²) in [6, 6.07) is 3.19. The van der Waals surface area contributed by atoms with Crippen LogP contribution in [0.25, 0.3) is 0 Å². The molecule has 0 saturated carbocycles. The molecular formula is C8H9BrFN. The molecule has 0 bridgehead atoms. The minimum absolute atomic E-state index is 0.245. The molecule has 0 aliphatic rings. The second-order valence-electron chi connectivity index (χ2n) is 2.40. The Labute approximate surface area is 73.5 Å². The Bertz CT molecular complexity index is 273. The first-order chi connectivity index (χ1) is 5.15. The highest BCUT2D eigenvalue weighted by Crippen LogP contribution is 2.19. The Balaban J connectivity index is 3.21. The van der Waals surface area contributed by atoms with Crippen LogP contribution in [0.2, 0.25) is 0 Å². The lowest BCUT2D eigenvalue weighted by Crippen LogP contribution is -2.00. The van der Waals surface area contributed by atoms with Crippen molar-refractivity contribution >= 4 is 15.9 Å². The van der Waals surface area contributed by atoms with E-state index < -0.39 is 0 Å². The maximum absolute atomic E-state index is 12.9. The average Bonchev–Trinajstić information content (AvgIpc) is 1.97. The molecule has 1 rings (SSSR count). The van der Waals surface area contributed by atoms with E-state index in [4.69, 9.17) is 5.73 Å². The Morgan fingerprint density at radius 3 is 2.73 bits per heavy atom. The van der Waals surface area contributed by atoms with E-state index in [1.54, 1.807) is 6.07 Å². The van der Waals surface area contributed by atoms with Crippen molar-refractivity contribution in [3.05, 3.63) is 33.5 Å². The lowest BCUT2D eigenvalue weighted by atomic mass is 10.1. The van der Waals surface area contributed by atoms with E-state index in [1.165, 1.54) is 6.07 Å². The molecule has 0 aromatic heterocycles. The summed E-state index contributed by atoms with van der Waals surface area (Å²) in [5.74, 6) is -0.245. The van der Waals surface area contributed by atoms with Crippen molar-refractivity contribution in [2.24, 2.45) is 5.73 Å². The molecule has 0 aliphatic carbocycles.